The third-order valence-electron chi connectivity index (χ3n) is 4.31. The maximum absolute atomic E-state index is 12.6. The first-order valence-electron chi connectivity index (χ1n) is 7.77. The van der Waals surface area contributed by atoms with E-state index in [9.17, 15) is 4.79 Å². The molecule has 1 atom stereocenters. The van der Waals surface area contributed by atoms with Gasteiger partial charge in [-0.1, -0.05) is 17.3 Å². The molecule has 7 nitrogen and oxygen atoms in total. The minimum Gasteiger partial charge on any atom is -0.336 e. The largest absolute Gasteiger partial charge is 0.336 e. The molecule has 0 aliphatic carbocycles. The van der Waals surface area contributed by atoms with Crippen LogP contribution >= 0.6 is 24.8 Å². The van der Waals surface area contributed by atoms with Gasteiger partial charge in [-0.2, -0.15) is 0 Å². The topological polar surface area (TPSA) is 89.9 Å². The van der Waals surface area contributed by atoms with Crippen molar-refractivity contribution in [3.63, 3.8) is 0 Å². The summed E-state index contributed by atoms with van der Waals surface area (Å²) < 4.78 is 1.69. The Morgan fingerprint density at radius 1 is 1.31 bits per heavy atom. The zero-order valence-electron chi connectivity index (χ0n) is 14.8. The average Bonchev–Trinajstić information content (AvgIpc) is 3.00. The van der Waals surface area contributed by atoms with Gasteiger partial charge < -0.3 is 10.6 Å². The van der Waals surface area contributed by atoms with Crippen LogP contribution in [0.25, 0.3) is 16.5 Å². The highest BCUT2D eigenvalue weighted by Crippen LogP contribution is 2.22. The smallest absolute Gasteiger partial charge is 0.276 e. The Hall–Kier alpha value is -2.22. The molecule has 0 saturated heterocycles. The second-order valence-electron chi connectivity index (χ2n) is 5.81. The van der Waals surface area contributed by atoms with Gasteiger partial charge in [0, 0.05) is 42.8 Å². The molecular formula is C17H22Cl2N6O. The normalized spacial score (nSPS) is 11.4. The third-order valence-corrected chi connectivity index (χ3v) is 4.31. The standard InChI is InChI=1S/C17H20N6O.2ClH/c1-11(9-18)22(3)17(24)16-12(2)23(21-20-16)15-6-4-5-13-10-19-8-7-14(13)15;;/h4-8,10-11H,9,18H2,1-3H3;2*1H. The van der Waals surface area contributed by atoms with E-state index in [2.05, 4.69) is 15.3 Å². The first-order chi connectivity index (χ1) is 11.5. The maximum atomic E-state index is 12.6. The highest BCUT2D eigenvalue weighted by molar-refractivity contribution is 5.94. The van der Waals surface area contributed by atoms with E-state index in [-0.39, 0.29) is 36.8 Å². The molecule has 0 aliphatic rings. The van der Waals surface area contributed by atoms with Crippen LogP contribution in [0, 0.1) is 6.92 Å². The maximum Gasteiger partial charge on any atom is 0.276 e. The summed E-state index contributed by atoms with van der Waals surface area (Å²) in [5.41, 5.74) is 7.54. The van der Waals surface area contributed by atoms with E-state index in [0.717, 1.165) is 16.5 Å². The van der Waals surface area contributed by atoms with Crippen LogP contribution in [0.2, 0.25) is 0 Å². The van der Waals surface area contributed by atoms with E-state index >= 15 is 0 Å². The van der Waals surface area contributed by atoms with Crippen LogP contribution in [-0.4, -0.2) is 50.4 Å². The van der Waals surface area contributed by atoms with Crippen molar-refractivity contribution in [3.05, 3.63) is 48.0 Å². The summed E-state index contributed by atoms with van der Waals surface area (Å²) in [6.45, 7) is 4.13. The number of aromatic nitrogens is 4. The second kappa shape index (κ2) is 8.93. The highest BCUT2D eigenvalue weighted by Gasteiger charge is 2.23. The number of hydrogen-bond donors (Lipinski definition) is 1. The van der Waals surface area contributed by atoms with Gasteiger partial charge in [-0.15, -0.1) is 29.9 Å². The van der Waals surface area contributed by atoms with Gasteiger partial charge in [0.15, 0.2) is 5.69 Å². The molecule has 1 unspecified atom stereocenters. The van der Waals surface area contributed by atoms with E-state index in [4.69, 9.17) is 5.73 Å². The zero-order valence-corrected chi connectivity index (χ0v) is 16.4. The summed E-state index contributed by atoms with van der Waals surface area (Å²) in [5, 5.41) is 10.3. The van der Waals surface area contributed by atoms with Crippen molar-refractivity contribution >= 4 is 41.5 Å². The van der Waals surface area contributed by atoms with E-state index < -0.39 is 0 Å². The summed E-state index contributed by atoms with van der Waals surface area (Å²) >= 11 is 0. The van der Waals surface area contributed by atoms with Crippen molar-refractivity contribution in [2.75, 3.05) is 13.6 Å². The van der Waals surface area contributed by atoms with Crippen LogP contribution in [0.5, 0.6) is 0 Å². The van der Waals surface area contributed by atoms with Gasteiger partial charge in [0.05, 0.1) is 11.4 Å². The summed E-state index contributed by atoms with van der Waals surface area (Å²) in [6, 6.07) is 7.73. The Morgan fingerprint density at radius 3 is 2.73 bits per heavy atom. The van der Waals surface area contributed by atoms with Gasteiger partial charge >= 0.3 is 0 Å². The van der Waals surface area contributed by atoms with E-state index in [0.29, 0.717) is 17.9 Å². The lowest BCUT2D eigenvalue weighted by Crippen LogP contribution is -2.40. The monoisotopic (exact) mass is 396 g/mol. The molecule has 1 amide bonds. The third kappa shape index (κ3) is 3.80. The summed E-state index contributed by atoms with van der Waals surface area (Å²) in [7, 11) is 1.72. The molecule has 2 heterocycles. The molecule has 0 bridgehead atoms. The number of nitrogens with zero attached hydrogens (tertiary/aromatic N) is 5. The van der Waals surface area contributed by atoms with Gasteiger partial charge in [0.2, 0.25) is 0 Å². The number of hydrogen-bond acceptors (Lipinski definition) is 5. The molecule has 26 heavy (non-hydrogen) atoms. The van der Waals surface area contributed by atoms with Crippen LogP contribution in [0.3, 0.4) is 0 Å². The minimum absolute atomic E-state index is 0. The van der Waals surface area contributed by atoms with E-state index in [1.54, 1.807) is 29.0 Å². The molecule has 0 fully saturated rings. The fraction of sp³-hybridized carbons (Fsp3) is 0.294. The van der Waals surface area contributed by atoms with Crippen molar-refractivity contribution in [2.24, 2.45) is 5.73 Å². The zero-order chi connectivity index (χ0) is 17.3. The van der Waals surface area contributed by atoms with Gasteiger partial charge in [0.25, 0.3) is 5.91 Å². The molecule has 0 radical (unpaired) electrons. The quantitative estimate of drug-likeness (QED) is 0.730. The van der Waals surface area contributed by atoms with Crippen molar-refractivity contribution in [1.82, 2.24) is 24.9 Å². The number of benzene rings is 1. The van der Waals surface area contributed by atoms with Crippen molar-refractivity contribution in [2.45, 2.75) is 19.9 Å². The van der Waals surface area contributed by atoms with Gasteiger partial charge in [-0.25, -0.2) is 4.68 Å². The van der Waals surface area contributed by atoms with E-state index in [1.165, 1.54) is 0 Å². The van der Waals surface area contributed by atoms with Crippen molar-refractivity contribution < 1.29 is 4.79 Å². The minimum atomic E-state index is -0.182. The molecule has 0 aliphatic heterocycles. The van der Waals surface area contributed by atoms with Crippen molar-refractivity contribution in [1.29, 1.82) is 0 Å². The van der Waals surface area contributed by atoms with Crippen LogP contribution in [0.4, 0.5) is 0 Å². The number of pyridine rings is 1. The fourth-order valence-corrected chi connectivity index (χ4v) is 2.57. The SMILES string of the molecule is Cc1c(C(=O)N(C)C(C)CN)nnn1-c1cccc2cnccc12.Cl.Cl. The number of rotatable bonds is 4. The molecule has 0 saturated carbocycles. The van der Waals surface area contributed by atoms with E-state index in [1.807, 2.05) is 38.1 Å². The van der Waals surface area contributed by atoms with Crippen LogP contribution < -0.4 is 5.73 Å². The molecule has 0 spiro atoms. The van der Waals surface area contributed by atoms with Crippen molar-refractivity contribution in [3.8, 4) is 5.69 Å². The fourth-order valence-electron chi connectivity index (χ4n) is 2.57. The Morgan fingerprint density at radius 2 is 2.04 bits per heavy atom. The predicted octanol–water partition coefficient (Wildman–Crippen LogP) is 2.39. The Balaban J connectivity index is 0.00000169. The number of fused-ring (bicyclic) bond motifs is 1. The first kappa shape index (κ1) is 21.8. The first-order valence-corrected chi connectivity index (χ1v) is 7.77. The summed E-state index contributed by atoms with van der Waals surface area (Å²) in [5.74, 6) is -0.182. The lowest BCUT2D eigenvalue weighted by Gasteiger charge is -2.22. The highest BCUT2D eigenvalue weighted by atomic mass is 35.5. The molecule has 140 valence electrons. The molecule has 9 heteroatoms. The van der Waals surface area contributed by atoms with Gasteiger partial charge in [0.1, 0.15) is 0 Å². The Bertz CT molecular complexity index is 893. The average molecular weight is 397 g/mol. The second-order valence-corrected chi connectivity index (χ2v) is 5.81. The molecule has 2 aromatic heterocycles. The number of amides is 1. The Labute approximate surface area is 164 Å². The van der Waals surface area contributed by atoms with Gasteiger partial charge in [-0.05, 0) is 26.0 Å². The number of halogens is 2. The molecule has 3 rings (SSSR count). The van der Waals surface area contributed by atoms with Crippen LogP contribution in [-0.2, 0) is 0 Å². The summed E-state index contributed by atoms with van der Waals surface area (Å²) in [6.07, 6.45) is 3.54. The molecule has 1 aromatic carbocycles. The molecule has 3 aromatic rings. The number of carbonyl (C=O) groups is 1. The number of likely N-dealkylation sites (N-methyl/N-ethyl adjacent to an activating group) is 1. The van der Waals surface area contributed by atoms with Crippen LogP contribution in [0.1, 0.15) is 23.1 Å². The molecular weight excluding hydrogens is 375 g/mol. The van der Waals surface area contributed by atoms with Crippen LogP contribution in [0.15, 0.2) is 36.7 Å². The number of carbonyl (C=O) groups excluding carboxylic acids is 1. The number of nitrogens with two attached hydrogens (primary N) is 1. The lowest BCUT2D eigenvalue weighted by atomic mass is 10.1. The van der Waals surface area contributed by atoms with Gasteiger partial charge in [-0.3, -0.25) is 9.78 Å². The summed E-state index contributed by atoms with van der Waals surface area (Å²) in [4.78, 5) is 18.3. The predicted molar refractivity (Wildman–Crippen MR) is 107 cm³/mol. The lowest BCUT2D eigenvalue weighted by molar-refractivity contribution is 0.0741. The molecule has 2 N–H and O–H groups in total. The Kier molecular flexibility index (Phi) is 7.50.